The molecule has 0 aliphatic carbocycles. The second kappa shape index (κ2) is 11.1. The zero-order chi connectivity index (χ0) is 27.5. The van der Waals surface area contributed by atoms with Crippen LogP contribution >= 0.6 is 22.9 Å². The van der Waals surface area contributed by atoms with Crippen LogP contribution in [-0.4, -0.2) is 31.0 Å². The average molecular weight is 558 g/mol. The van der Waals surface area contributed by atoms with Crippen molar-refractivity contribution in [1.29, 1.82) is 0 Å². The van der Waals surface area contributed by atoms with Crippen LogP contribution in [0.4, 0.5) is 16.5 Å². The molecule has 0 aliphatic rings. The number of thiazole rings is 1. The number of aromatic nitrogens is 1. The molecule has 4 aromatic carbocycles. The van der Waals surface area contributed by atoms with Crippen LogP contribution in [0.15, 0.2) is 84.9 Å². The van der Waals surface area contributed by atoms with Gasteiger partial charge in [0.15, 0.2) is 16.6 Å². The SMILES string of the molecule is COc1ccc(N(C(=O)c2ccccc2Cl)c2nc3ccc(NC(=O)c4ccccc4C)cc3s2)cc1OC. The van der Waals surface area contributed by atoms with Crippen LogP contribution in [0.2, 0.25) is 5.02 Å². The van der Waals surface area contributed by atoms with E-state index < -0.39 is 0 Å². The number of fused-ring (bicyclic) bond motifs is 1. The molecule has 1 heterocycles. The van der Waals surface area contributed by atoms with Gasteiger partial charge >= 0.3 is 0 Å². The van der Waals surface area contributed by atoms with Crippen molar-refractivity contribution in [3.8, 4) is 11.5 Å². The maximum atomic E-state index is 13.9. The van der Waals surface area contributed by atoms with E-state index in [2.05, 4.69) is 5.32 Å². The van der Waals surface area contributed by atoms with Gasteiger partial charge in [-0.2, -0.15) is 0 Å². The molecule has 5 rings (SSSR count). The molecule has 39 heavy (non-hydrogen) atoms. The summed E-state index contributed by atoms with van der Waals surface area (Å²) in [6.45, 7) is 1.90. The first-order chi connectivity index (χ1) is 18.9. The third-order valence-electron chi connectivity index (χ3n) is 6.15. The van der Waals surface area contributed by atoms with Gasteiger partial charge in [-0.25, -0.2) is 4.98 Å². The van der Waals surface area contributed by atoms with E-state index in [9.17, 15) is 9.59 Å². The number of aryl methyl sites for hydroxylation is 1. The lowest BCUT2D eigenvalue weighted by Crippen LogP contribution is -2.26. The highest BCUT2D eigenvalue weighted by Gasteiger charge is 2.26. The highest BCUT2D eigenvalue weighted by Crippen LogP contribution is 2.39. The Labute approximate surface area is 234 Å². The smallest absolute Gasteiger partial charge is 0.266 e. The number of nitrogens with one attached hydrogen (secondary N) is 1. The van der Waals surface area contributed by atoms with Crippen LogP contribution in [0.5, 0.6) is 11.5 Å². The molecular weight excluding hydrogens is 534 g/mol. The van der Waals surface area contributed by atoms with Gasteiger partial charge in [-0.1, -0.05) is 53.3 Å². The number of amides is 2. The highest BCUT2D eigenvalue weighted by molar-refractivity contribution is 7.22. The summed E-state index contributed by atoms with van der Waals surface area (Å²) in [6.07, 6.45) is 0. The van der Waals surface area contributed by atoms with Crippen LogP contribution in [0.25, 0.3) is 10.2 Å². The Morgan fingerprint density at radius 1 is 0.872 bits per heavy atom. The van der Waals surface area contributed by atoms with E-state index in [0.717, 1.165) is 10.3 Å². The van der Waals surface area contributed by atoms with Crippen molar-refractivity contribution >= 4 is 61.5 Å². The fraction of sp³-hybridized carbons (Fsp3) is 0.100. The standard InChI is InChI=1S/C30H24ClN3O4S/c1-18-8-4-5-9-21(18)28(35)32-19-12-14-24-27(16-19)39-30(33-24)34(29(36)22-10-6-7-11-23(22)31)20-13-15-25(37-2)26(17-20)38-3/h4-17H,1-3H3,(H,32,35). The number of ether oxygens (including phenoxy) is 2. The summed E-state index contributed by atoms with van der Waals surface area (Å²) in [5.41, 5.74) is 3.67. The minimum Gasteiger partial charge on any atom is -0.493 e. The third-order valence-corrected chi connectivity index (χ3v) is 7.48. The highest BCUT2D eigenvalue weighted by atomic mass is 35.5. The quantitative estimate of drug-likeness (QED) is 0.224. The first-order valence-electron chi connectivity index (χ1n) is 12.0. The van der Waals surface area contributed by atoms with E-state index >= 15 is 0 Å². The normalized spacial score (nSPS) is 10.8. The Bertz CT molecular complexity index is 1700. The van der Waals surface area contributed by atoms with Gasteiger partial charge in [0, 0.05) is 17.3 Å². The number of carbonyl (C=O) groups is 2. The Hall–Kier alpha value is -4.40. The molecule has 0 atom stereocenters. The van der Waals surface area contributed by atoms with Crippen LogP contribution in [0.1, 0.15) is 26.3 Å². The van der Waals surface area contributed by atoms with Crippen molar-refractivity contribution in [2.75, 3.05) is 24.4 Å². The number of hydrogen-bond acceptors (Lipinski definition) is 6. The number of benzene rings is 4. The summed E-state index contributed by atoms with van der Waals surface area (Å²) < 4.78 is 11.7. The fourth-order valence-electron chi connectivity index (χ4n) is 4.15. The Kier molecular flexibility index (Phi) is 7.49. The summed E-state index contributed by atoms with van der Waals surface area (Å²) >= 11 is 7.72. The second-order valence-electron chi connectivity index (χ2n) is 8.61. The predicted octanol–water partition coefficient (Wildman–Crippen LogP) is 7.51. The van der Waals surface area contributed by atoms with E-state index in [4.69, 9.17) is 26.1 Å². The van der Waals surface area contributed by atoms with Gasteiger partial charge in [-0.05, 0) is 61.0 Å². The van der Waals surface area contributed by atoms with Crippen LogP contribution in [-0.2, 0) is 0 Å². The van der Waals surface area contributed by atoms with Gasteiger partial charge in [0.05, 0.1) is 40.7 Å². The van der Waals surface area contributed by atoms with Gasteiger partial charge in [-0.3, -0.25) is 14.5 Å². The summed E-state index contributed by atoms with van der Waals surface area (Å²) in [5.74, 6) is 0.456. The van der Waals surface area contributed by atoms with E-state index in [0.29, 0.717) is 49.7 Å². The molecule has 0 spiro atoms. The van der Waals surface area contributed by atoms with Gasteiger partial charge in [-0.15, -0.1) is 0 Å². The zero-order valence-electron chi connectivity index (χ0n) is 21.4. The molecule has 1 aromatic heterocycles. The fourth-order valence-corrected chi connectivity index (χ4v) is 5.39. The van der Waals surface area contributed by atoms with Gasteiger partial charge in [0.1, 0.15) is 0 Å². The van der Waals surface area contributed by atoms with Gasteiger partial charge < -0.3 is 14.8 Å². The molecule has 0 unspecified atom stereocenters. The summed E-state index contributed by atoms with van der Waals surface area (Å²) in [5, 5.41) is 3.72. The van der Waals surface area contributed by atoms with Crippen molar-refractivity contribution in [2.24, 2.45) is 0 Å². The number of anilines is 3. The molecular formula is C30H24ClN3O4S. The van der Waals surface area contributed by atoms with E-state index in [1.807, 2.05) is 37.3 Å². The maximum Gasteiger partial charge on any atom is 0.266 e. The first kappa shape index (κ1) is 26.2. The topological polar surface area (TPSA) is 80.8 Å². The molecule has 5 aromatic rings. The lowest BCUT2D eigenvalue weighted by molar-refractivity contribution is 0.0996. The molecule has 0 bridgehead atoms. The van der Waals surface area contributed by atoms with Crippen molar-refractivity contribution in [3.05, 3.63) is 107 Å². The molecule has 196 valence electrons. The number of carbonyl (C=O) groups excluding carboxylic acids is 2. The molecule has 9 heteroatoms. The lowest BCUT2D eigenvalue weighted by atomic mass is 10.1. The van der Waals surface area contributed by atoms with E-state index in [1.54, 1.807) is 61.7 Å². The van der Waals surface area contributed by atoms with E-state index in [-0.39, 0.29) is 11.8 Å². The third kappa shape index (κ3) is 5.30. The number of nitrogens with zero attached hydrogens (tertiary/aromatic N) is 2. The van der Waals surface area contributed by atoms with E-state index in [1.165, 1.54) is 23.3 Å². The van der Waals surface area contributed by atoms with Crippen molar-refractivity contribution in [1.82, 2.24) is 4.98 Å². The van der Waals surface area contributed by atoms with Crippen LogP contribution in [0.3, 0.4) is 0 Å². The number of halogens is 1. The predicted molar refractivity (Wildman–Crippen MR) is 156 cm³/mol. The van der Waals surface area contributed by atoms with Gasteiger partial charge in [0.2, 0.25) is 0 Å². The number of methoxy groups -OCH3 is 2. The summed E-state index contributed by atoms with van der Waals surface area (Å²) in [7, 11) is 3.08. The molecule has 1 N–H and O–H groups in total. The molecule has 0 fully saturated rings. The Morgan fingerprint density at radius 2 is 1.59 bits per heavy atom. The van der Waals surface area contributed by atoms with Crippen molar-refractivity contribution in [3.63, 3.8) is 0 Å². The average Bonchev–Trinajstić information content (AvgIpc) is 3.36. The summed E-state index contributed by atoms with van der Waals surface area (Å²) in [6, 6.07) is 24.9. The molecule has 7 nitrogen and oxygen atoms in total. The molecule has 2 amide bonds. The number of hydrogen-bond donors (Lipinski definition) is 1. The first-order valence-corrected chi connectivity index (χ1v) is 13.2. The van der Waals surface area contributed by atoms with Crippen molar-refractivity contribution in [2.45, 2.75) is 6.92 Å². The van der Waals surface area contributed by atoms with Crippen LogP contribution < -0.4 is 19.7 Å². The molecule has 0 saturated heterocycles. The molecule has 0 aliphatic heterocycles. The molecule has 0 saturated carbocycles. The minimum atomic E-state index is -0.347. The summed E-state index contributed by atoms with van der Waals surface area (Å²) in [4.78, 5) is 33.0. The zero-order valence-corrected chi connectivity index (χ0v) is 23.0. The maximum absolute atomic E-state index is 13.9. The monoisotopic (exact) mass is 557 g/mol. The Balaban J connectivity index is 1.56. The largest absolute Gasteiger partial charge is 0.493 e. The Morgan fingerprint density at radius 3 is 2.31 bits per heavy atom. The number of rotatable bonds is 7. The second-order valence-corrected chi connectivity index (χ2v) is 10.0. The molecule has 0 radical (unpaired) electrons. The lowest BCUT2D eigenvalue weighted by Gasteiger charge is -2.22. The van der Waals surface area contributed by atoms with Crippen molar-refractivity contribution < 1.29 is 19.1 Å². The minimum absolute atomic E-state index is 0.196. The van der Waals surface area contributed by atoms with Crippen LogP contribution in [0, 0.1) is 6.92 Å². The van der Waals surface area contributed by atoms with Gasteiger partial charge in [0.25, 0.3) is 11.8 Å².